The maximum absolute atomic E-state index is 12.5. The molecule has 21 heavy (non-hydrogen) atoms. The van der Waals surface area contributed by atoms with E-state index in [0.717, 1.165) is 19.4 Å². The van der Waals surface area contributed by atoms with Crippen molar-refractivity contribution >= 4 is 23.4 Å². The van der Waals surface area contributed by atoms with Crippen molar-refractivity contribution in [2.75, 3.05) is 25.0 Å². The lowest BCUT2D eigenvalue weighted by Gasteiger charge is -2.22. The first-order chi connectivity index (χ1) is 10.1. The highest BCUT2D eigenvalue weighted by molar-refractivity contribution is 7.99. The molecule has 0 spiro atoms. The number of likely N-dealkylation sites (tertiary alicyclic amines) is 1. The van der Waals surface area contributed by atoms with Gasteiger partial charge in [0.2, 0.25) is 5.91 Å². The van der Waals surface area contributed by atoms with Crippen LogP contribution in [-0.4, -0.2) is 47.4 Å². The number of nitrogens with zero attached hydrogens (tertiary/aromatic N) is 1. The monoisotopic (exact) mass is 316 g/mol. The maximum Gasteiger partial charge on any atom is 0.288 e. The Morgan fingerprint density at radius 3 is 2.95 bits per heavy atom. The van der Waals surface area contributed by atoms with Gasteiger partial charge in [0.15, 0.2) is 0 Å². The molecule has 0 aliphatic carbocycles. The average Bonchev–Trinajstić information content (AvgIpc) is 2.87. The van der Waals surface area contributed by atoms with E-state index in [9.17, 15) is 18.7 Å². The number of nitrogens with one attached hydrogen (secondary N) is 1. The van der Waals surface area contributed by atoms with Crippen LogP contribution in [0.3, 0.4) is 0 Å². The summed E-state index contributed by atoms with van der Waals surface area (Å²) in [5.41, 5.74) is 0.396. The van der Waals surface area contributed by atoms with Gasteiger partial charge in [-0.05, 0) is 31.5 Å². The predicted octanol–water partition coefficient (Wildman–Crippen LogP) is 2.40. The minimum atomic E-state index is -2.53. The molecule has 1 saturated heterocycles. The summed E-state index contributed by atoms with van der Waals surface area (Å²) in [6.07, 6.45) is 1.83. The SMILES string of the molecule is O=C(CN1CCC[C@@H]1CO)Nc1ccccc1SC(F)F. The van der Waals surface area contributed by atoms with E-state index in [0.29, 0.717) is 22.3 Å². The van der Waals surface area contributed by atoms with E-state index in [4.69, 9.17) is 0 Å². The van der Waals surface area contributed by atoms with E-state index in [2.05, 4.69) is 5.32 Å². The van der Waals surface area contributed by atoms with E-state index in [-0.39, 0.29) is 25.1 Å². The molecule has 7 heteroatoms. The van der Waals surface area contributed by atoms with Crippen LogP contribution in [-0.2, 0) is 4.79 Å². The van der Waals surface area contributed by atoms with Crippen molar-refractivity contribution in [2.24, 2.45) is 0 Å². The first-order valence-electron chi connectivity index (χ1n) is 6.78. The van der Waals surface area contributed by atoms with Crippen LogP contribution in [0.4, 0.5) is 14.5 Å². The van der Waals surface area contributed by atoms with Gasteiger partial charge in [0.05, 0.1) is 18.8 Å². The van der Waals surface area contributed by atoms with Crippen LogP contribution in [0.1, 0.15) is 12.8 Å². The highest BCUT2D eigenvalue weighted by Crippen LogP contribution is 2.31. The molecule has 0 radical (unpaired) electrons. The summed E-state index contributed by atoms with van der Waals surface area (Å²) in [5, 5.41) is 11.9. The molecule has 0 unspecified atom stereocenters. The summed E-state index contributed by atoms with van der Waals surface area (Å²) in [6.45, 7) is 0.968. The van der Waals surface area contributed by atoms with Crippen molar-refractivity contribution in [1.29, 1.82) is 0 Å². The van der Waals surface area contributed by atoms with Gasteiger partial charge in [0.25, 0.3) is 5.76 Å². The predicted molar refractivity (Wildman–Crippen MR) is 78.6 cm³/mol. The Labute approximate surface area is 126 Å². The fourth-order valence-corrected chi connectivity index (χ4v) is 3.05. The summed E-state index contributed by atoms with van der Waals surface area (Å²) in [7, 11) is 0. The van der Waals surface area contributed by atoms with Gasteiger partial charge >= 0.3 is 0 Å². The third kappa shape index (κ3) is 4.66. The molecule has 1 aromatic carbocycles. The maximum atomic E-state index is 12.5. The van der Waals surface area contributed by atoms with Gasteiger partial charge in [-0.25, -0.2) is 0 Å². The van der Waals surface area contributed by atoms with E-state index < -0.39 is 5.76 Å². The summed E-state index contributed by atoms with van der Waals surface area (Å²) < 4.78 is 25.0. The zero-order valence-electron chi connectivity index (χ0n) is 11.5. The second kappa shape index (κ2) is 7.72. The number of para-hydroxylation sites is 1. The van der Waals surface area contributed by atoms with Crippen LogP contribution in [0, 0.1) is 0 Å². The normalized spacial score (nSPS) is 19.1. The second-order valence-corrected chi connectivity index (χ2v) is 5.90. The summed E-state index contributed by atoms with van der Waals surface area (Å²) >= 11 is 0.413. The highest BCUT2D eigenvalue weighted by atomic mass is 32.2. The second-order valence-electron chi connectivity index (χ2n) is 4.87. The van der Waals surface area contributed by atoms with Gasteiger partial charge < -0.3 is 10.4 Å². The molecule has 0 bridgehead atoms. The third-order valence-corrected chi connectivity index (χ3v) is 4.22. The number of hydrogen-bond donors (Lipinski definition) is 2. The van der Waals surface area contributed by atoms with Gasteiger partial charge in [-0.15, -0.1) is 0 Å². The van der Waals surface area contributed by atoms with Crippen molar-refractivity contribution in [2.45, 2.75) is 29.5 Å². The molecule has 1 fully saturated rings. The van der Waals surface area contributed by atoms with Crippen molar-refractivity contribution < 1.29 is 18.7 Å². The number of halogens is 2. The lowest BCUT2D eigenvalue weighted by molar-refractivity contribution is -0.117. The van der Waals surface area contributed by atoms with Gasteiger partial charge in [-0.2, -0.15) is 8.78 Å². The number of amides is 1. The topological polar surface area (TPSA) is 52.6 Å². The van der Waals surface area contributed by atoms with Gasteiger partial charge in [-0.3, -0.25) is 9.69 Å². The first kappa shape index (κ1) is 16.2. The zero-order valence-corrected chi connectivity index (χ0v) is 12.3. The van der Waals surface area contributed by atoms with E-state index in [1.54, 1.807) is 24.3 Å². The lowest BCUT2D eigenvalue weighted by atomic mass is 10.2. The number of anilines is 1. The molecule has 1 atom stereocenters. The molecule has 1 aliphatic rings. The molecule has 1 aromatic rings. The molecule has 2 rings (SSSR count). The van der Waals surface area contributed by atoms with Crippen molar-refractivity contribution in [3.8, 4) is 0 Å². The van der Waals surface area contributed by atoms with Gasteiger partial charge in [0, 0.05) is 10.9 Å². The fourth-order valence-electron chi connectivity index (χ4n) is 2.45. The Kier molecular flexibility index (Phi) is 5.96. The highest BCUT2D eigenvalue weighted by Gasteiger charge is 2.25. The smallest absolute Gasteiger partial charge is 0.288 e. The summed E-state index contributed by atoms with van der Waals surface area (Å²) in [5.74, 6) is -2.78. The molecule has 2 N–H and O–H groups in total. The number of aliphatic hydroxyl groups excluding tert-OH is 1. The van der Waals surface area contributed by atoms with Crippen LogP contribution < -0.4 is 5.32 Å². The Morgan fingerprint density at radius 1 is 1.48 bits per heavy atom. The molecule has 1 heterocycles. The lowest BCUT2D eigenvalue weighted by Crippen LogP contribution is -2.38. The average molecular weight is 316 g/mol. The third-order valence-electron chi connectivity index (χ3n) is 3.43. The zero-order chi connectivity index (χ0) is 15.2. The number of benzene rings is 1. The molecule has 0 saturated carbocycles. The van der Waals surface area contributed by atoms with Crippen LogP contribution >= 0.6 is 11.8 Å². The standard InChI is InChI=1S/C14H18F2N2O2S/c15-14(16)21-12-6-2-1-5-11(12)17-13(20)8-18-7-3-4-10(18)9-19/h1-2,5-6,10,14,19H,3-4,7-9H2,(H,17,20)/t10-/m1/s1. The van der Waals surface area contributed by atoms with E-state index in [1.807, 2.05) is 4.90 Å². The van der Waals surface area contributed by atoms with Crippen molar-refractivity contribution in [3.05, 3.63) is 24.3 Å². The Balaban J connectivity index is 1.96. The van der Waals surface area contributed by atoms with Crippen LogP contribution in [0.2, 0.25) is 0 Å². The largest absolute Gasteiger partial charge is 0.395 e. The first-order valence-corrected chi connectivity index (χ1v) is 7.66. The molecule has 1 amide bonds. The van der Waals surface area contributed by atoms with Crippen molar-refractivity contribution in [3.63, 3.8) is 0 Å². The molecule has 116 valence electrons. The number of hydrogen-bond acceptors (Lipinski definition) is 4. The summed E-state index contributed by atoms with van der Waals surface area (Å²) in [4.78, 5) is 14.3. The number of thioether (sulfide) groups is 1. The van der Waals surface area contributed by atoms with Crippen LogP contribution in [0.5, 0.6) is 0 Å². The minimum Gasteiger partial charge on any atom is -0.395 e. The number of carbonyl (C=O) groups is 1. The molecular formula is C14H18F2N2O2S. The van der Waals surface area contributed by atoms with E-state index >= 15 is 0 Å². The van der Waals surface area contributed by atoms with Crippen LogP contribution in [0.15, 0.2) is 29.2 Å². The number of aliphatic hydroxyl groups is 1. The summed E-state index contributed by atoms with van der Waals surface area (Å²) in [6, 6.07) is 6.52. The quantitative estimate of drug-likeness (QED) is 0.791. The molecule has 4 nitrogen and oxygen atoms in total. The van der Waals surface area contributed by atoms with Gasteiger partial charge in [-0.1, -0.05) is 23.9 Å². The molecule has 0 aromatic heterocycles. The van der Waals surface area contributed by atoms with Crippen molar-refractivity contribution in [1.82, 2.24) is 4.90 Å². The van der Waals surface area contributed by atoms with Gasteiger partial charge in [0.1, 0.15) is 0 Å². The Morgan fingerprint density at radius 2 is 2.24 bits per heavy atom. The molecule has 1 aliphatic heterocycles. The Hall–Kier alpha value is -1.18. The minimum absolute atomic E-state index is 0.0152. The number of alkyl halides is 2. The number of carbonyl (C=O) groups excluding carboxylic acids is 1. The Bertz CT molecular complexity index is 488. The van der Waals surface area contributed by atoms with E-state index in [1.165, 1.54) is 0 Å². The number of rotatable bonds is 6. The molecular weight excluding hydrogens is 298 g/mol. The fraction of sp³-hybridized carbons (Fsp3) is 0.500. The van der Waals surface area contributed by atoms with Crippen LogP contribution in [0.25, 0.3) is 0 Å².